The molecule has 23 heavy (non-hydrogen) atoms. The summed E-state index contributed by atoms with van der Waals surface area (Å²) >= 11 is 0. The van der Waals surface area contributed by atoms with Crippen LogP contribution in [0.4, 0.5) is 5.69 Å². The minimum atomic E-state index is -0.654. The first-order valence-corrected chi connectivity index (χ1v) is 7.51. The van der Waals surface area contributed by atoms with Gasteiger partial charge in [0, 0.05) is 43.7 Å². The van der Waals surface area contributed by atoms with Crippen molar-refractivity contribution in [2.75, 3.05) is 18.4 Å². The van der Waals surface area contributed by atoms with Crippen molar-refractivity contribution in [3.8, 4) is 11.4 Å². The Labute approximate surface area is 134 Å². The van der Waals surface area contributed by atoms with Gasteiger partial charge < -0.3 is 20.5 Å². The van der Waals surface area contributed by atoms with Crippen LogP contribution < -0.4 is 15.4 Å². The van der Waals surface area contributed by atoms with E-state index in [2.05, 4.69) is 20.2 Å². The lowest BCUT2D eigenvalue weighted by molar-refractivity contribution is -0.119. The number of aliphatic hydroxyl groups is 1. The first-order valence-electron chi connectivity index (χ1n) is 7.51. The molecule has 0 aliphatic carbocycles. The van der Waals surface area contributed by atoms with Crippen molar-refractivity contribution in [3.63, 3.8) is 0 Å². The Morgan fingerprint density at radius 2 is 2.30 bits per heavy atom. The molecule has 1 atom stereocenters. The number of hydrogen-bond acceptors (Lipinski definition) is 5. The van der Waals surface area contributed by atoms with Crippen molar-refractivity contribution >= 4 is 11.6 Å². The van der Waals surface area contributed by atoms with E-state index in [1.54, 1.807) is 0 Å². The van der Waals surface area contributed by atoms with E-state index in [1.165, 1.54) is 6.92 Å². The van der Waals surface area contributed by atoms with Crippen LogP contribution in [-0.2, 0) is 11.4 Å². The number of aliphatic hydroxyl groups excluding tert-OH is 1. The maximum Gasteiger partial charge on any atom is 0.216 e. The molecule has 2 heterocycles. The Hall–Kier alpha value is -2.54. The quantitative estimate of drug-likeness (QED) is 0.765. The molecule has 7 heteroatoms. The SMILES string of the molecule is CC(=O)NC[C@H](O)CNc1ccc2c(c1)OCc1ncc(C)n1-2. The van der Waals surface area contributed by atoms with Crippen molar-refractivity contribution in [1.29, 1.82) is 0 Å². The predicted octanol–water partition coefficient (Wildman–Crippen LogP) is 0.982. The Bertz CT molecular complexity index is 726. The number of rotatable bonds is 5. The van der Waals surface area contributed by atoms with Crippen molar-refractivity contribution in [3.05, 3.63) is 35.9 Å². The molecule has 0 spiro atoms. The smallest absolute Gasteiger partial charge is 0.216 e. The number of anilines is 1. The molecule has 122 valence electrons. The van der Waals surface area contributed by atoms with E-state index in [-0.39, 0.29) is 12.5 Å². The number of benzene rings is 1. The van der Waals surface area contributed by atoms with Gasteiger partial charge >= 0.3 is 0 Å². The number of ether oxygens (including phenoxy) is 1. The summed E-state index contributed by atoms with van der Waals surface area (Å²) in [7, 11) is 0. The Kier molecular flexibility index (Phi) is 4.20. The Balaban J connectivity index is 1.68. The van der Waals surface area contributed by atoms with Crippen LogP contribution in [-0.4, -0.2) is 39.8 Å². The third kappa shape index (κ3) is 3.29. The monoisotopic (exact) mass is 316 g/mol. The molecule has 1 aromatic carbocycles. The number of nitrogens with one attached hydrogen (secondary N) is 2. The second-order valence-corrected chi connectivity index (χ2v) is 5.59. The highest BCUT2D eigenvalue weighted by Gasteiger charge is 2.19. The zero-order chi connectivity index (χ0) is 16.4. The molecule has 3 rings (SSSR count). The molecule has 2 aromatic rings. The lowest BCUT2D eigenvalue weighted by Gasteiger charge is -2.22. The standard InChI is InChI=1S/C16H20N4O3/c1-10-6-19-16-9-23-15-5-12(3-4-14(15)20(10)16)18-8-13(22)7-17-11(2)21/h3-6,13,18,22H,7-9H2,1-2H3,(H,17,21)/t13-/m0/s1. The summed E-state index contributed by atoms with van der Waals surface area (Å²) < 4.78 is 7.82. The molecule has 0 fully saturated rings. The first-order chi connectivity index (χ1) is 11.0. The molecule has 0 saturated carbocycles. The highest BCUT2D eigenvalue weighted by Crippen LogP contribution is 2.32. The van der Waals surface area contributed by atoms with E-state index < -0.39 is 6.10 Å². The fourth-order valence-corrected chi connectivity index (χ4v) is 2.55. The number of imidazole rings is 1. The summed E-state index contributed by atoms with van der Waals surface area (Å²) in [5.74, 6) is 1.51. The van der Waals surface area contributed by atoms with Crippen LogP contribution in [0.5, 0.6) is 5.75 Å². The molecule has 1 amide bonds. The van der Waals surface area contributed by atoms with Crippen LogP contribution in [0.3, 0.4) is 0 Å². The molecule has 0 unspecified atom stereocenters. The van der Waals surface area contributed by atoms with Crippen LogP contribution in [0.2, 0.25) is 0 Å². The van der Waals surface area contributed by atoms with Gasteiger partial charge in [0.15, 0.2) is 5.82 Å². The van der Waals surface area contributed by atoms with Crippen molar-refractivity contribution in [2.24, 2.45) is 0 Å². The molecular weight excluding hydrogens is 296 g/mol. The van der Waals surface area contributed by atoms with Gasteiger partial charge in [-0.2, -0.15) is 0 Å². The van der Waals surface area contributed by atoms with Gasteiger partial charge in [-0.15, -0.1) is 0 Å². The third-order valence-corrected chi connectivity index (χ3v) is 3.70. The van der Waals surface area contributed by atoms with Gasteiger partial charge in [-0.05, 0) is 19.1 Å². The number of fused-ring (bicyclic) bond motifs is 3. The Morgan fingerprint density at radius 1 is 1.48 bits per heavy atom. The molecular formula is C16H20N4O3. The highest BCUT2D eigenvalue weighted by atomic mass is 16.5. The van der Waals surface area contributed by atoms with Crippen LogP contribution in [0.25, 0.3) is 5.69 Å². The number of carbonyl (C=O) groups excluding carboxylic acids is 1. The van der Waals surface area contributed by atoms with Gasteiger partial charge in [0.2, 0.25) is 5.91 Å². The van der Waals surface area contributed by atoms with Crippen LogP contribution in [0.1, 0.15) is 18.4 Å². The average Bonchev–Trinajstić information content (AvgIpc) is 2.92. The zero-order valence-corrected chi connectivity index (χ0v) is 13.2. The fourth-order valence-electron chi connectivity index (χ4n) is 2.55. The van der Waals surface area contributed by atoms with Crippen molar-refractivity contribution in [2.45, 2.75) is 26.6 Å². The van der Waals surface area contributed by atoms with Crippen LogP contribution in [0, 0.1) is 6.92 Å². The van der Waals surface area contributed by atoms with Gasteiger partial charge in [0.1, 0.15) is 12.4 Å². The van der Waals surface area contributed by atoms with E-state index in [9.17, 15) is 9.90 Å². The second kappa shape index (κ2) is 6.29. The Morgan fingerprint density at radius 3 is 3.09 bits per heavy atom. The maximum absolute atomic E-state index is 10.8. The molecule has 0 radical (unpaired) electrons. The number of nitrogens with zero attached hydrogens (tertiary/aromatic N) is 2. The van der Waals surface area contributed by atoms with E-state index in [0.29, 0.717) is 13.2 Å². The minimum absolute atomic E-state index is 0.155. The lowest BCUT2D eigenvalue weighted by Crippen LogP contribution is -2.34. The maximum atomic E-state index is 10.8. The molecule has 7 nitrogen and oxygen atoms in total. The van der Waals surface area contributed by atoms with Gasteiger partial charge in [-0.3, -0.25) is 9.36 Å². The van der Waals surface area contributed by atoms with Gasteiger partial charge in [0.05, 0.1) is 11.8 Å². The topological polar surface area (TPSA) is 88.4 Å². The second-order valence-electron chi connectivity index (χ2n) is 5.59. The van der Waals surface area contributed by atoms with Crippen LogP contribution >= 0.6 is 0 Å². The van der Waals surface area contributed by atoms with E-state index in [4.69, 9.17) is 4.74 Å². The summed E-state index contributed by atoms with van der Waals surface area (Å²) in [5, 5.41) is 15.5. The molecule has 1 aliphatic heterocycles. The lowest BCUT2D eigenvalue weighted by atomic mass is 10.2. The van der Waals surface area contributed by atoms with E-state index >= 15 is 0 Å². The molecule has 0 bridgehead atoms. The number of carbonyl (C=O) groups is 1. The first kappa shape index (κ1) is 15.4. The zero-order valence-electron chi connectivity index (χ0n) is 13.2. The summed E-state index contributed by atoms with van der Waals surface area (Å²) in [6.07, 6.45) is 1.18. The third-order valence-electron chi connectivity index (χ3n) is 3.70. The van der Waals surface area contributed by atoms with Gasteiger partial charge in [0.25, 0.3) is 0 Å². The van der Waals surface area contributed by atoms with E-state index in [1.807, 2.05) is 31.3 Å². The summed E-state index contributed by atoms with van der Waals surface area (Å²) in [6, 6.07) is 5.81. The van der Waals surface area contributed by atoms with E-state index in [0.717, 1.165) is 28.6 Å². The summed E-state index contributed by atoms with van der Waals surface area (Å²) in [5.41, 5.74) is 2.88. The summed E-state index contributed by atoms with van der Waals surface area (Å²) in [6.45, 7) is 4.44. The van der Waals surface area contributed by atoms with Gasteiger partial charge in [-0.1, -0.05) is 0 Å². The molecule has 1 aromatic heterocycles. The summed E-state index contributed by atoms with van der Waals surface area (Å²) in [4.78, 5) is 15.1. The number of amides is 1. The normalized spacial score (nSPS) is 13.5. The van der Waals surface area contributed by atoms with Crippen molar-refractivity contribution < 1.29 is 14.6 Å². The largest absolute Gasteiger partial charge is 0.483 e. The molecule has 3 N–H and O–H groups in total. The molecule has 0 saturated heterocycles. The predicted molar refractivity (Wildman–Crippen MR) is 85.8 cm³/mol. The number of hydrogen-bond donors (Lipinski definition) is 3. The van der Waals surface area contributed by atoms with Crippen LogP contribution in [0.15, 0.2) is 24.4 Å². The molecule has 1 aliphatic rings. The minimum Gasteiger partial charge on any atom is -0.483 e. The van der Waals surface area contributed by atoms with Gasteiger partial charge in [-0.25, -0.2) is 4.98 Å². The fraction of sp³-hybridized carbons (Fsp3) is 0.375. The number of aryl methyl sites for hydroxylation is 1. The number of aromatic nitrogens is 2. The van der Waals surface area contributed by atoms with Crippen molar-refractivity contribution in [1.82, 2.24) is 14.9 Å². The highest BCUT2D eigenvalue weighted by molar-refractivity contribution is 5.72. The average molecular weight is 316 g/mol.